The molecule has 0 radical (unpaired) electrons. The summed E-state index contributed by atoms with van der Waals surface area (Å²) in [5.41, 5.74) is 6.06. The van der Waals surface area contributed by atoms with Crippen molar-refractivity contribution in [3.05, 3.63) is 99.3 Å². The summed E-state index contributed by atoms with van der Waals surface area (Å²) >= 11 is 1.35. The van der Waals surface area contributed by atoms with E-state index in [-0.39, 0.29) is 16.7 Å². The first kappa shape index (κ1) is 22.4. The van der Waals surface area contributed by atoms with Gasteiger partial charge in [-0.05, 0) is 73.7 Å². The first-order valence-corrected chi connectivity index (χ1v) is 12.4. The summed E-state index contributed by atoms with van der Waals surface area (Å²) in [6, 6.07) is 21.6. The fourth-order valence-corrected chi connectivity index (χ4v) is 5.44. The third-order valence-electron chi connectivity index (χ3n) is 6.57. The molecule has 0 fully saturated rings. The molecule has 3 aromatic carbocycles. The normalized spacial score (nSPS) is 14.1. The zero-order valence-corrected chi connectivity index (χ0v) is 20.4. The summed E-state index contributed by atoms with van der Waals surface area (Å²) in [6.45, 7) is 7.31. The van der Waals surface area contributed by atoms with Gasteiger partial charge in [-0.2, -0.15) is 0 Å². The number of aromatic nitrogens is 2. The Kier molecular flexibility index (Phi) is 6.00. The molecule has 34 heavy (non-hydrogen) atoms. The van der Waals surface area contributed by atoms with E-state index in [9.17, 15) is 9.59 Å². The Bertz CT molecular complexity index is 1460. The summed E-state index contributed by atoms with van der Waals surface area (Å²) in [5, 5.41) is 0.720. The Morgan fingerprint density at radius 2 is 1.71 bits per heavy atom. The maximum atomic E-state index is 13.6. The molecule has 0 spiro atoms. The van der Waals surface area contributed by atoms with E-state index in [0.717, 1.165) is 23.2 Å². The predicted molar refractivity (Wildman–Crippen MR) is 138 cm³/mol. The van der Waals surface area contributed by atoms with Gasteiger partial charge in [0, 0.05) is 13.1 Å². The summed E-state index contributed by atoms with van der Waals surface area (Å²) < 4.78 is 1.65. The molecular weight excluding hydrogens is 442 g/mol. The van der Waals surface area contributed by atoms with Gasteiger partial charge in [0.25, 0.3) is 5.56 Å². The van der Waals surface area contributed by atoms with Crippen molar-refractivity contribution in [1.29, 1.82) is 0 Å². The van der Waals surface area contributed by atoms with E-state index in [1.807, 2.05) is 74.2 Å². The molecule has 0 aliphatic carbocycles. The van der Waals surface area contributed by atoms with Crippen LogP contribution >= 0.6 is 11.8 Å². The SMILES string of the molecule is Cc1ccc(-n2c(SC(C)C(=O)N3CCc4ccccc4C3)nc3ccccc3c2=O)cc1C. The molecule has 5 nitrogen and oxygen atoms in total. The molecule has 0 saturated heterocycles. The van der Waals surface area contributed by atoms with Crippen LogP contribution in [0.2, 0.25) is 0 Å². The molecule has 6 heteroatoms. The Balaban J connectivity index is 1.51. The van der Waals surface area contributed by atoms with Gasteiger partial charge in [-0.3, -0.25) is 14.2 Å². The van der Waals surface area contributed by atoms with Crippen LogP contribution in [0.15, 0.2) is 76.7 Å². The summed E-state index contributed by atoms with van der Waals surface area (Å²) in [4.78, 5) is 33.7. The third-order valence-corrected chi connectivity index (χ3v) is 7.61. The molecular formula is C28H27N3O2S. The smallest absolute Gasteiger partial charge is 0.266 e. The van der Waals surface area contributed by atoms with Gasteiger partial charge in [0.15, 0.2) is 5.16 Å². The molecule has 1 aromatic heterocycles. The quantitative estimate of drug-likeness (QED) is 0.309. The van der Waals surface area contributed by atoms with Crippen molar-refractivity contribution in [2.75, 3.05) is 6.54 Å². The van der Waals surface area contributed by atoms with Crippen LogP contribution in [0.4, 0.5) is 0 Å². The highest BCUT2D eigenvalue weighted by Crippen LogP contribution is 2.28. The van der Waals surface area contributed by atoms with Crippen molar-refractivity contribution in [3.8, 4) is 5.69 Å². The van der Waals surface area contributed by atoms with Gasteiger partial charge in [-0.25, -0.2) is 4.98 Å². The lowest BCUT2D eigenvalue weighted by molar-refractivity contribution is -0.131. The van der Waals surface area contributed by atoms with Gasteiger partial charge in [-0.1, -0.05) is 54.2 Å². The van der Waals surface area contributed by atoms with E-state index < -0.39 is 0 Å². The number of nitrogens with zero attached hydrogens (tertiary/aromatic N) is 3. The number of fused-ring (bicyclic) bond motifs is 2. The minimum atomic E-state index is -0.379. The zero-order valence-electron chi connectivity index (χ0n) is 19.6. The fourth-order valence-electron chi connectivity index (χ4n) is 4.43. The largest absolute Gasteiger partial charge is 0.337 e. The zero-order chi connectivity index (χ0) is 23.8. The van der Waals surface area contributed by atoms with Gasteiger partial charge >= 0.3 is 0 Å². The van der Waals surface area contributed by atoms with E-state index in [0.29, 0.717) is 29.1 Å². The number of aryl methyl sites for hydroxylation is 2. The van der Waals surface area contributed by atoms with Crippen LogP contribution in [0, 0.1) is 13.8 Å². The van der Waals surface area contributed by atoms with Crippen molar-refractivity contribution in [1.82, 2.24) is 14.5 Å². The van der Waals surface area contributed by atoms with Crippen LogP contribution in [0.25, 0.3) is 16.6 Å². The Morgan fingerprint density at radius 1 is 0.971 bits per heavy atom. The van der Waals surface area contributed by atoms with Crippen molar-refractivity contribution in [2.24, 2.45) is 0 Å². The number of carbonyl (C=O) groups is 1. The minimum Gasteiger partial charge on any atom is -0.337 e. The number of hydrogen-bond donors (Lipinski definition) is 0. The van der Waals surface area contributed by atoms with E-state index in [4.69, 9.17) is 4.98 Å². The first-order valence-electron chi connectivity index (χ1n) is 11.5. The molecule has 5 rings (SSSR count). The fraction of sp³-hybridized carbons (Fsp3) is 0.250. The average Bonchev–Trinajstić information content (AvgIpc) is 2.85. The maximum absolute atomic E-state index is 13.6. The van der Waals surface area contributed by atoms with Crippen LogP contribution in [-0.4, -0.2) is 32.2 Å². The van der Waals surface area contributed by atoms with Crippen molar-refractivity contribution < 1.29 is 4.79 Å². The molecule has 4 aromatic rings. The van der Waals surface area contributed by atoms with Gasteiger partial charge in [0.1, 0.15) is 0 Å². The van der Waals surface area contributed by atoms with Crippen molar-refractivity contribution >= 4 is 28.6 Å². The second-order valence-electron chi connectivity index (χ2n) is 8.86. The third kappa shape index (κ3) is 4.14. The van der Waals surface area contributed by atoms with E-state index in [2.05, 4.69) is 12.1 Å². The number of benzene rings is 3. The predicted octanol–water partition coefficient (Wildman–Crippen LogP) is 5.07. The molecule has 0 bridgehead atoms. The van der Waals surface area contributed by atoms with Gasteiger partial charge < -0.3 is 4.90 Å². The molecule has 1 atom stereocenters. The molecule has 1 aliphatic rings. The molecule has 0 saturated carbocycles. The highest BCUT2D eigenvalue weighted by atomic mass is 32.2. The number of carbonyl (C=O) groups excluding carboxylic acids is 1. The van der Waals surface area contributed by atoms with Gasteiger partial charge in [0.2, 0.25) is 5.91 Å². The number of rotatable bonds is 4. The molecule has 0 N–H and O–H groups in total. The van der Waals surface area contributed by atoms with Crippen molar-refractivity contribution in [3.63, 3.8) is 0 Å². The van der Waals surface area contributed by atoms with Gasteiger partial charge in [0.05, 0.1) is 21.8 Å². The maximum Gasteiger partial charge on any atom is 0.266 e. The second kappa shape index (κ2) is 9.11. The first-order chi connectivity index (χ1) is 16.4. The van der Waals surface area contributed by atoms with Crippen LogP contribution in [0.3, 0.4) is 0 Å². The standard InChI is InChI=1S/C28H27N3O2S/c1-18-12-13-23(16-19(18)2)31-27(33)24-10-6-7-11-25(24)29-28(31)34-20(3)26(32)30-15-14-21-8-4-5-9-22(21)17-30/h4-13,16,20H,14-15,17H2,1-3H3. The Morgan fingerprint density at radius 3 is 2.50 bits per heavy atom. The lowest BCUT2D eigenvalue weighted by Gasteiger charge is -2.30. The Labute approximate surface area is 203 Å². The number of para-hydroxylation sites is 1. The monoisotopic (exact) mass is 469 g/mol. The molecule has 2 heterocycles. The van der Waals surface area contributed by atoms with Crippen LogP contribution < -0.4 is 5.56 Å². The van der Waals surface area contributed by atoms with E-state index >= 15 is 0 Å². The van der Waals surface area contributed by atoms with Crippen LogP contribution in [0.1, 0.15) is 29.2 Å². The summed E-state index contributed by atoms with van der Waals surface area (Å²) in [7, 11) is 0. The Hall–Kier alpha value is -3.38. The van der Waals surface area contributed by atoms with E-state index in [1.54, 1.807) is 10.6 Å². The molecule has 1 amide bonds. The van der Waals surface area contributed by atoms with E-state index in [1.165, 1.54) is 22.9 Å². The number of hydrogen-bond acceptors (Lipinski definition) is 4. The highest BCUT2D eigenvalue weighted by molar-refractivity contribution is 8.00. The van der Waals surface area contributed by atoms with Crippen LogP contribution in [0.5, 0.6) is 0 Å². The highest BCUT2D eigenvalue weighted by Gasteiger charge is 2.27. The van der Waals surface area contributed by atoms with Gasteiger partial charge in [-0.15, -0.1) is 0 Å². The lowest BCUT2D eigenvalue weighted by Crippen LogP contribution is -2.40. The molecule has 1 aliphatic heterocycles. The molecule has 172 valence electrons. The minimum absolute atomic E-state index is 0.0635. The summed E-state index contributed by atoms with van der Waals surface area (Å²) in [6.07, 6.45) is 0.862. The summed E-state index contributed by atoms with van der Waals surface area (Å²) in [5.74, 6) is 0.0635. The topological polar surface area (TPSA) is 55.2 Å². The second-order valence-corrected chi connectivity index (χ2v) is 10.2. The number of amides is 1. The number of thioether (sulfide) groups is 1. The van der Waals surface area contributed by atoms with Crippen LogP contribution in [-0.2, 0) is 17.8 Å². The lowest BCUT2D eigenvalue weighted by atomic mass is 10.00. The average molecular weight is 470 g/mol. The molecule has 1 unspecified atom stereocenters. The van der Waals surface area contributed by atoms with Crippen molar-refractivity contribution in [2.45, 2.75) is 44.1 Å².